The van der Waals surface area contributed by atoms with Gasteiger partial charge in [0.1, 0.15) is 0 Å². The fourth-order valence-corrected chi connectivity index (χ4v) is 6.17. The molecule has 0 unspecified atom stereocenters. The Bertz CT molecular complexity index is 1830. The number of aromatic nitrogens is 2. The minimum atomic E-state index is -0.372. The molecule has 0 saturated carbocycles. The lowest BCUT2D eigenvalue weighted by atomic mass is 10.1. The van der Waals surface area contributed by atoms with E-state index in [1.807, 2.05) is 67.0 Å². The molecule has 3 aromatic carbocycles. The van der Waals surface area contributed by atoms with E-state index in [1.54, 1.807) is 6.07 Å². The van der Waals surface area contributed by atoms with Crippen LogP contribution in [0.4, 0.5) is 4.39 Å². The molecule has 0 amide bonds. The summed E-state index contributed by atoms with van der Waals surface area (Å²) in [6, 6.07) is 20.6. The van der Waals surface area contributed by atoms with Crippen molar-refractivity contribution in [1.29, 1.82) is 0 Å². The van der Waals surface area contributed by atoms with Gasteiger partial charge in [0.15, 0.2) is 11.6 Å². The summed E-state index contributed by atoms with van der Waals surface area (Å²) in [5.41, 5.74) is 5.32. The van der Waals surface area contributed by atoms with Crippen LogP contribution in [0.5, 0.6) is 5.75 Å². The van der Waals surface area contributed by atoms with E-state index in [0.717, 1.165) is 41.5 Å². The van der Waals surface area contributed by atoms with Crippen molar-refractivity contribution in [2.45, 2.75) is 136 Å². The average molecular weight is 723 g/mol. The lowest BCUT2D eigenvalue weighted by molar-refractivity contribution is 0.290. The van der Waals surface area contributed by atoms with Gasteiger partial charge in [0, 0.05) is 40.2 Å². The first-order chi connectivity index (χ1) is 26.6. The van der Waals surface area contributed by atoms with Crippen molar-refractivity contribution in [2.75, 3.05) is 6.61 Å². The first kappa shape index (κ1) is 41.9. The summed E-state index contributed by atoms with van der Waals surface area (Å²) in [5.74, 6) is 19.3. The van der Waals surface area contributed by atoms with E-state index in [2.05, 4.69) is 59.3 Å². The van der Waals surface area contributed by atoms with Crippen LogP contribution in [-0.4, -0.2) is 16.6 Å². The topological polar surface area (TPSA) is 35.0 Å². The molecule has 4 aromatic rings. The molecule has 1 heterocycles. The lowest BCUT2D eigenvalue weighted by Crippen LogP contribution is -1.99. The minimum Gasteiger partial charge on any atom is -0.491 e. The van der Waals surface area contributed by atoms with Crippen LogP contribution in [0.25, 0.3) is 0 Å². The molecule has 0 aliphatic heterocycles. The lowest BCUT2D eigenvalue weighted by Gasteiger charge is -2.07. The Labute approximate surface area is 326 Å². The van der Waals surface area contributed by atoms with Crippen molar-refractivity contribution >= 4 is 0 Å². The molecule has 3 nitrogen and oxygen atoms in total. The van der Waals surface area contributed by atoms with Crippen molar-refractivity contribution in [2.24, 2.45) is 0 Å². The molecular weight excluding hydrogens is 664 g/mol. The van der Waals surface area contributed by atoms with Gasteiger partial charge in [-0.3, -0.25) is 0 Å². The summed E-state index contributed by atoms with van der Waals surface area (Å²) in [5, 5.41) is 0. The van der Waals surface area contributed by atoms with Gasteiger partial charge < -0.3 is 4.74 Å². The number of aryl methyl sites for hydroxylation is 1. The average Bonchev–Trinajstić information content (AvgIpc) is 3.20. The summed E-state index contributed by atoms with van der Waals surface area (Å²) in [4.78, 5) is 8.91. The first-order valence-corrected chi connectivity index (χ1v) is 20.6. The molecule has 0 spiro atoms. The number of nitrogens with zero attached hydrogens (tertiary/aromatic N) is 2. The molecule has 0 aliphatic rings. The first-order valence-electron chi connectivity index (χ1n) is 20.6. The second kappa shape index (κ2) is 26.0. The normalized spacial score (nSPS) is 10.4. The largest absolute Gasteiger partial charge is 0.491 e. The molecule has 4 heteroatoms. The number of ether oxygens (including phenoxy) is 1. The Morgan fingerprint density at radius 1 is 0.463 bits per heavy atom. The number of hydrogen-bond acceptors (Lipinski definition) is 3. The molecule has 0 bridgehead atoms. The van der Waals surface area contributed by atoms with Crippen LogP contribution in [-0.2, 0) is 6.42 Å². The van der Waals surface area contributed by atoms with E-state index < -0.39 is 0 Å². The summed E-state index contributed by atoms with van der Waals surface area (Å²) in [6.45, 7) is 5.05. The van der Waals surface area contributed by atoms with Crippen molar-refractivity contribution in [3.05, 3.63) is 124 Å². The van der Waals surface area contributed by atoms with Gasteiger partial charge in [-0.2, -0.15) is 0 Å². The molecule has 0 fully saturated rings. The van der Waals surface area contributed by atoms with E-state index in [4.69, 9.17) is 4.74 Å². The zero-order valence-electron chi connectivity index (χ0n) is 32.8. The van der Waals surface area contributed by atoms with E-state index in [-0.39, 0.29) is 5.82 Å². The Morgan fingerprint density at radius 3 is 1.31 bits per heavy atom. The number of benzene rings is 3. The maximum Gasteiger partial charge on any atom is 0.205 e. The van der Waals surface area contributed by atoms with Crippen LogP contribution in [0.15, 0.2) is 79.1 Å². The third kappa shape index (κ3) is 17.3. The zero-order chi connectivity index (χ0) is 37.9. The quantitative estimate of drug-likeness (QED) is 0.0634. The third-order valence-electron chi connectivity index (χ3n) is 9.50. The Kier molecular flexibility index (Phi) is 20.2. The van der Waals surface area contributed by atoms with Crippen molar-refractivity contribution in [3.8, 4) is 41.3 Å². The van der Waals surface area contributed by atoms with Crippen LogP contribution < -0.4 is 4.74 Å². The molecular formula is C50H59FN2O. The van der Waals surface area contributed by atoms with Crippen molar-refractivity contribution in [3.63, 3.8) is 0 Å². The molecule has 54 heavy (non-hydrogen) atoms. The number of halogens is 1. The van der Waals surface area contributed by atoms with Gasteiger partial charge in [0.25, 0.3) is 0 Å². The molecule has 0 atom stereocenters. The molecule has 0 radical (unpaired) electrons. The predicted octanol–water partition coefficient (Wildman–Crippen LogP) is 12.8. The van der Waals surface area contributed by atoms with Gasteiger partial charge in [0.2, 0.25) is 5.82 Å². The maximum absolute atomic E-state index is 14.7. The van der Waals surface area contributed by atoms with E-state index >= 15 is 0 Å². The Morgan fingerprint density at radius 2 is 0.852 bits per heavy atom. The van der Waals surface area contributed by atoms with E-state index in [1.165, 1.54) is 114 Å². The van der Waals surface area contributed by atoms with Crippen LogP contribution in [0.1, 0.15) is 169 Å². The summed E-state index contributed by atoms with van der Waals surface area (Å²) in [7, 11) is 0. The second-order valence-corrected chi connectivity index (χ2v) is 14.2. The smallest absolute Gasteiger partial charge is 0.205 e. The predicted molar refractivity (Wildman–Crippen MR) is 223 cm³/mol. The fourth-order valence-electron chi connectivity index (χ4n) is 6.17. The van der Waals surface area contributed by atoms with Gasteiger partial charge in [-0.25, -0.2) is 14.4 Å². The second-order valence-electron chi connectivity index (χ2n) is 14.2. The molecule has 0 N–H and O–H groups in total. The monoisotopic (exact) mass is 722 g/mol. The van der Waals surface area contributed by atoms with Gasteiger partial charge in [-0.15, -0.1) is 0 Å². The van der Waals surface area contributed by atoms with Gasteiger partial charge in [0.05, 0.1) is 6.61 Å². The Hall–Kier alpha value is -4.85. The van der Waals surface area contributed by atoms with Crippen LogP contribution >= 0.6 is 0 Å². The van der Waals surface area contributed by atoms with Crippen molar-refractivity contribution < 1.29 is 9.13 Å². The molecule has 0 saturated heterocycles. The maximum atomic E-state index is 14.7. The van der Waals surface area contributed by atoms with Gasteiger partial charge in [-0.1, -0.05) is 146 Å². The summed E-state index contributed by atoms with van der Waals surface area (Å²) >= 11 is 0. The highest BCUT2D eigenvalue weighted by Gasteiger charge is 2.04. The van der Waals surface area contributed by atoms with Crippen LogP contribution in [0.2, 0.25) is 0 Å². The highest BCUT2D eigenvalue weighted by molar-refractivity contribution is 5.49. The zero-order valence-corrected chi connectivity index (χ0v) is 32.8. The Balaban J connectivity index is 1.15. The van der Waals surface area contributed by atoms with Crippen LogP contribution in [0, 0.1) is 41.3 Å². The fraction of sp³-hybridized carbons (Fsp3) is 0.440. The number of unbranched alkanes of at least 4 members (excludes halogenated alkanes) is 16. The highest BCUT2D eigenvalue weighted by Crippen LogP contribution is 2.19. The third-order valence-corrected chi connectivity index (χ3v) is 9.50. The van der Waals surface area contributed by atoms with E-state index in [9.17, 15) is 4.39 Å². The van der Waals surface area contributed by atoms with Crippen LogP contribution in [0.3, 0.4) is 0 Å². The van der Waals surface area contributed by atoms with Crippen molar-refractivity contribution in [1.82, 2.24) is 9.97 Å². The molecule has 0 aliphatic carbocycles. The molecule has 4 rings (SSSR count). The van der Waals surface area contributed by atoms with E-state index in [0.29, 0.717) is 23.7 Å². The SMILES string of the molecule is CCCCCCCCCCCCOc1ccc(C#Cc2ccc(C#Cc3ccc(C#Cc4ncc(CCCCCCCCCC)cn4)cc3)cc2)cc1F. The number of rotatable bonds is 21. The number of hydrogen-bond donors (Lipinski definition) is 0. The molecule has 1 aromatic heterocycles. The minimum absolute atomic E-state index is 0.293. The van der Waals surface area contributed by atoms with Gasteiger partial charge in [-0.05, 0) is 97.5 Å². The summed E-state index contributed by atoms with van der Waals surface area (Å²) in [6.07, 6.45) is 28.0. The summed E-state index contributed by atoms with van der Waals surface area (Å²) < 4.78 is 20.4. The standard InChI is InChI=1S/C50H59FN2O/c1-3-5-7-9-11-13-14-16-18-20-38-54-49-36-34-46(39-48(49)51)33-32-44-26-24-42(25-27-44)22-23-43-28-30-45(31-29-43)35-37-50-52-40-47(41-53-50)21-19-17-15-12-10-8-6-4-2/h24-31,34,36,39-41H,3-21,38H2,1-2H3. The molecule has 282 valence electrons. The van der Waals surface area contributed by atoms with Gasteiger partial charge >= 0.3 is 0 Å². The highest BCUT2D eigenvalue weighted by atomic mass is 19.1.